The van der Waals surface area contributed by atoms with E-state index < -0.39 is 5.91 Å². The quantitative estimate of drug-likeness (QED) is 0.301. The summed E-state index contributed by atoms with van der Waals surface area (Å²) in [5.74, 6) is -0.422. The number of aromatic nitrogens is 1. The molecule has 0 spiro atoms. The van der Waals surface area contributed by atoms with Gasteiger partial charge in [-0.15, -0.1) is 0 Å². The Morgan fingerprint density at radius 3 is 2.43 bits per heavy atom. The monoisotopic (exact) mass is 501 g/mol. The highest BCUT2D eigenvalue weighted by atomic mass is 127. The minimum Gasteiger partial charge on any atom is -0.366 e. The van der Waals surface area contributed by atoms with Crippen LogP contribution in [0.15, 0.2) is 84.9 Å². The van der Waals surface area contributed by atoms with Crippen LogP contribution in [-0.4, -0.2) is 10.5 Å². The van der Waals surface area contributed by atoms with Crippen LogP contribution in [-0.2, 0) is 6.54 Å². The Morgan fingerprint density at radius 2 is 1.67 bits per heavy atom. The number of halogens is 1. The Bertz CT molecular complexity index is 1400. The fourth-order valence-corrected chi connectivity index (χ4v) is 4.58. The fraction of sp³-hybridized carbons (Fsp3) is 0.0385. The number of primary amides is 1. The molecule has 1 amide bonds. The lowest BCUT2D eigenvalue weighted by atomic mass is 10.0. The fourth-order valence-electron chi connectivity index (χ4n) is 4.03. The largest absolute Gasteiger partial charge is 0.366 e. The second-order valence-electron chi connectivity index (χ2n) is 7.26. The molecule has 145 valence electrons. The van der Waals surface area contributed by atoms with Crippen molar-refractivity contribution in [3.05, 3.63) is 106 Å². The number of carbonyl (C=O) groups excluding carboxylic acids is 1. The van der Waals surface area contributed by atoms with E-state index in [-0.39, 0.29) is 0 Å². The summed E-state index contributed by atoms with van der Waals surface area (Å²) in [6.45, 7) is 0.702. The van der Waals surface area contributed by atoms with Crippen molar-refractivity contribution in [3.63, 3.8) is 0 Å². The van der Waals surface area contributed by atoms with Crippen LogP contribution in [0.1, 0.15) is 15.9 Å². The Hall–Kier alpha value is -3.12. The van der Waals surface area contributed by atoms with Gasteiger partial charge in [0.2, 0.25) is 5.91 Å². The number of amides is 1. The SMILES string of the molecule is NC(=O)c1cccc2c1c1[c]cc(-c3ccccc3)cc1n2Cc1ccccc1I. The lowest BCUT2D eigenvalue weighted by Gasteiger charge is -2.10. The minimum absolute atomic E-state index is 0.422. The molecule has 3 nitrogen and oxygen atoms in total. The summed E-state index contributed by atoms with van der Waals surface area (Å²) >= 11 is 2.37. The van der Waals surface area contributed by atoms with E-state index in [0.29, 0.717) is 12.1 Å². The molecule has 2 N–H and O–H groups in total. The summed E-state index contributed by atoms with van der Waals surface area (Å²) in [5, 5.41) is 1.79. The molecule has 4 aromatic carbocycles. The van der Waals surface area contributed by atoms with Crippen LogP contribution in [0.25, 0.3) is 32.9 Å². The number of rotatable bonds is 4. The summed E-state index contributed by atoms with van der Waals surface area (Å²) in [6, 6.07) is 32.0. The van der Waals surface area contributed by atoms with E-state index in [1.807, 2.05) is 42.5 Å². The average molecular weight is 501 g/mol. The maximum Gasteiger partial charge on any atom is 0.249 e. The van der Waals surface area contributed by atoms with Crippen molar-refractivity contribution in [1.29, 1.82) is 0 Å². The number of fused-ring (bicyclic) bond motifs is 3. The molecule has 4 heteroatoms. The smallest absolute Gasteiger partial charge is 0.249 e. The van der Waals surface area contributed by atoms with Gasteiger partial charge in [0.05, 0.1) is 11.0 Å². The van der Waals surface area contributed by atoms with Gasteiger partial charge < -0.3 is 10.3 Å². The topological polar surface area (TPSA) is 48.0 Å². The molecule has 0 aliphatic heterocycles. The molecular weight excluding hydrogens is 483 g/mol. The predicted molar refractivity (Wildman–Crippen MR) is 130 cm³/mol. The van der Waals surface area contributed by atoms with Gasteiger partial charge in [-0.25, -0.2) is 0 Å². The number of hydrogen-bond donors (Lipinski definition) is 1. The Balaban J connectivity index is 1.83. The number of nitrogens with two attached hydrogens (primary N) is 1. The maximum atomic E-state index is 12.2. The first-order chi connectivity index (χ1) is 14.6. The van der Waals surface area contributed by atoms with Crippen molar-refractivity contribution in [2.24, 2.45) is 5.73 Å². The molecular formula is C26H18IN2O. The van der Waals surface area contributed by atoms with E-state index >= 15 is 0 Å². The van der Waals surface area contributed by atoms with Gasteiger partial charge >= 0.3 is 0 Å². The zero-order valence-corrected chi connectivity index (χ0v) is 18.3. The van der Waals surface area contributed by atoms with Gasteiger partial charge in [-0.2, -0.15) is 0 Å². The second kappa shape index (κ2) is 7.61. The van der Waals surface area contributed by atoms with Crippen LogP contribution in [0.5, 0.6) is 0 Å². The number of benzene rings is 4. The third kappa shape index (κ3) is 3.17. The Labute approximate surface area is 188 Å². The highest BCUT2D eigenvalue weighted by molar-refractivity contribution is 14.1. The van der Waals surface area contributed by atoms with Crippen molar-refractivity contribution in [1.82, 2.24) is 4.57 Å². The predicted octanol–water partition coefficient (Wildman–Crippen LogP) is 6.01. The van der Waals surface area contributed by atoms with Gasteiger partial charge in [-0.3, -0.25) is 4.79 Å². The van der Waals surface area contributed by atoms with E-state index in [4.69, 9.17) is 5.73 Å². The maximum absolute atomic E-state index is 12.2. The first-order valence-electron chi connectivity index (χ1n) is 9.69. The summed E-state index contributed by atoms with van der Waals surface area (Å²) in [6.07, 6.45) is 0. The standard InChI is InChI=1S/C26H18IN2O/c27-22-11-5-4-9-19(22)16-29-23-12-6-10-21(26(28)30)25(23)20-14-13-18(15-24(20)29)17-7-2-1-3-8-17/h1-13,15H,16H2,(H2,28,30). The second-order valence-corrected chi connectivity index (χ2v) is 8.42. The summed E-state index contributed by atoms with van der Waals surface area (Å²) < 4.78 is 3.47. The van der Waals surface area contributed by atoms with Crippen molar-refractivity contribution < 1.29 is 4.79 Å². The third-order valence-corrected chi connectivity index (χ3v) is 6.51. The third-order valence-electron chi connectivity index (χ3n) is 5.45. The van der Waals surface area contributed by atoms with Gasteiger partial charge in [0.15, 0.2) is 0 Å². The molecule has 0 bridgehead atoms. The molecule has 0 saturated carbocycles. The van der Waals surface area contributed by atoms with Gasteiger partial charge in [-0.05, 0) is 75.7 Å². The minimum atomic E-state index is -0.422. The molecule has 30 heavy (non-hydrogen) atoms. The van der Waals surface area contributed by atoms with E-state index in [1.54, 1.807) is 6.07 Å². The van der Waals surface area contributed by atoms with E-state index in [2.05, 4.69) is 69.6 Å². The highest BCUT2D eigenvalue weighted by Crippen LogP contribution is 2.35. The van der Waals surface area contributed by atoms with Crippen LogP contribution in [0.4, 0.5) is 0 Å². The molecule has 0 saturated heterocycles. The molecule has 0 fully saturated rings. The zero-order chi connectivity index (χ0) is 20.7. The normalized spacial score (nSPS) is 11.2. The van der Waals surface area contributed by atoms with Crippen molar-refractivity contribution in [2.75, 3.05) is 0 Å². The summed E-state index contributed by atoms with van der Waals surface area (Å²) in [7, 11) is 0. The molecule has 0 unspecified atom stereocenters. The van der Waals surface area contributed by atoms with E-state index in [0.717, 1.165) is 32.9 Å². The molecule has 0 aliphatic rings. The van der Waals surface area contributed by atoms with Crippen molar-refractivity contribution >= 4 is 50.3 Å². The summed E-state index contributed by atoms with van der Waals surface area (Å²) in [4.78, 5) is 12.2. The number of carbonyl (C=O) groups is 1. The Morgan fingerprint density at radius 1 is 0.900 bits per heavy atom. The van der Waals surface area contributed by atoms with E-state index in [1.165, 1.54) is 9.13 Å². The van der Waals surface area contributed by atoms with Gasteiger partial charge in [0.1, 0.15) is 0 Å². The molecule has 1 heterocycles. The first-order valence-corrected chi connectivity index (χ1v) is 10.8. The Kier molecular flexibility index (Phi) is 4.79. The van der Waals surface area contributed by atoms with E-state index in [9.17, 15) is 4.79 Å². The zero-order valence-electron chi connectivity index (χ0n) is 16.1. The van der Waals surface area contributed by atoms with Crippen LogP contribution in [0.3, 0.4) is 0 Å². The van der Waals surface area contributed by atoms with Crippen molar-refractivity contribution in [3.8, 4) is 11.1 Å². The molecule has 1 aromatic heterocycles. The molecule has 5 aromatic rings. The lowest BCUT2D eigenvalue weighted by molar-refractivity contribution is 0.100. The lowest BCUT2D eigenvalue weighted by Crippen LogP contribution is -2.11. The van der Waals surface area contributed by atoms with Crippen LogP contribution < -0.4 is 5.73 Å². The number of nitrogens with zero attached hydrogens (tertiary/aromatic N) is 1. The number of hydrogen-bond acceptors (Lipinski definition) is 1. The van der Waals surface area contributed by atoms with Gasteiger partial charge in [-0.1, -0.05) is 54.6 Å². The van der Waals surface area contributed by atoms with Gasteiger partial charge in [0.25, 0.3) is 0 Å². The summed E-state index contributed by atoms with van der Waals surface area (Å²) in [5.41, 5.74) is 11.7. The first kappa shape index (κ1) is 18.9. The van der Waals surface area contributed by atoms with Crippen LogP contribution in [0, 0.1) is 9.64 Å². The highest BCUT2D eigenvalue weighted by Gasteiger charge is 2.18. The van der Waals surface area contributed by atoms with Crippen molar-refractivity contribution in [2.45, 2.75) is 6.54 Å². The average Bonchev–Trinajstić information content (AvgIpc) is 3.09. The molecule has 5 rings (SSSR count). The van der Waals surface area contributed by atoms with Crippen LogP contribution in [0.2, 0.25) is 0 Å². The van der Waals surface area contributed by atoms with Gasteiger partial charge in [0, 0.05) is 26.5 Å². The van der Waals surface area contributed by atoms with Crippen LogP contribution >= 0.6 is 22.6 Å². The molecule has 1 radical (unpaired) electrons. The molecule has 0 aliphatic carbocycles. The molecule has 0 atom stereocenters.